The molecule has 0 radical (unpaired) electrons. The summed E-state index contributed by atoms with van der Waals surface area (Å²) >= 11 is 1.63. The Labute approximate surface area is 129 Å². The minimum absolute atomic E-state index is 0.0476. The first-order chi connectivity index (χ1) is 10.3. The zero-order chi connectivity index (χ0) is 14.5. The van der Waals surface area contributed by atoms with Crippen LogP contribution >= 0.6 is 11.8 Å². The van der Waals surface area contributed by atoms with Crippen LogP contribution in [0.4, 0.5) is 0 Å². The van der Waals surface area contributed by atoms with Gasteiger partial charge in [-0.1, -0.05) is 60.7 Å². The van der Waals surface area contributed by atoms with Gasteiger partial charge in [0.15, 0.2) is 0 Å². The summed E-state index contributed by atoms with van der Waals surface area (Å²) in [5.41, 5.74) is 1.20. The average molecular weight is 292 g/mol. The molecule has 1 unspecified atom stereocenters. The quantitative estimate of drug-likeness (QED) is 0.499. The molecule has 0 saturated heterocycles. The van der Waals surface area contributed by atoms with Gasteiger partial charge in [-0.3, -0.25) is 0 Å². The summed E-state index contributed by atoms with van der Waals surface area (Å²) in [5.74, 6) is 0. The Morgan fingerprint density at radius 3 is 2.33 bits per heavy atom. The predicted molar refractivity (Wildman–Crippen MR) is 89.8 cm³/mol. The summed E-state index contributed by atoms with van der Waals surface area (Å²) in [6.07, 6.45) is 1.81. The first kappa shape index (κ1) is 13.9. The van der Waals surface area contributed by atoms with E-state index in [1.807, 2.05) is 30.3 Å². The van der Waals surface area contributed by atoms with Gasteiger partial charge in [0, 0.05) is 4.90 Å². The van der Waals surface area contributed by atoms with E-state index in [9.17, 15) is 4.79 Å². The van der Waals surface area contributed by atoms with Crippen molar-refractivity contribution < 1.29 is 4.79 Å². The SMILES string of the molecule is O=CC(Cc1ccccc1)Sc1ccc2ccccc2c1. The molecule has 0 saturated carbocycles. The Hall–Kier alpha value is -2.06. The fourth-order valence-electron chi connectivity index (χ4n) is 2.38. The lowest BCUT2D eigenvalue weighted by Gasteiger charge is -2.11. The zero-order valence-corrected chi connectivity index (χ0v) is 12.4. The molecule has 0 amide bonds. The van der Waals surface area contributed by atoms with Gasteiger partial charge in [0.05, 0.1) is 5.25 Å². The molecule has 0 fully saturated rings. The number of carbonyl (C=O) groups is 1. The number of aldehydes is 1. The van der Waals surface area contributed by atoms with Gasteiger partial charge in [-0.25, -0.2) is 0 Å². The second kappa shape index (κ2) is 6.59. The lowest BCUT2D eigenvalue weighted by molar-refractivity contribution is -0.107. The van der Waals surface area contributed by atoms with Gasteiger partial charge in [-0.15, -0.1) is 11.8 Å². The van der Waals surface area contributed by atoms with Crippen molar-refractivity contribution in [2.75, 3.05) is 0 Å². The molecule has 21 heavy (non-hydrogen) atoms. The smallest absolute Gasteiger partial charge is 0.133 e. The van der Waals surface area contributed by atoms with Crippen LogP contribution in [0.3, 0.4) is 0 Å². The van der Waals surface area contributed by atoms with Crippen molar-refractivity contribution >= 4 is 28.8 Å². The maximum Gasteiger partial charge on any atom is 0.133 e. The molecular formula is C19H16OS. The summed E-state index contributed by atoms with van der Waals surface area (Å²) in [4.78, 5) is 12.5. The van der Waals surface area contributed by atoms with Crippen molar-refractivity contribution in [3.63, 3.8) is 0 Å². The van der Waals surface area contributed by atoms with E-state index in [0.717, 1.165) is 17.6 Å². The Bertz CT molecular complexity index is 737. The molecule has 3 aromatic carbocycles. The van der Waals surface area contributed by atoms with Crippen molar-refractivity contribution in [3.8, 4) is 0 Å². The van der Waals surface area contributed by atoms with Gasteiger partial charge < -0.3 is 4.79 Å². The van der Waals surface area contributed by atoms with Crippen molar-refractivity contribution in [1.82, 2.24) is 0 Å². The average Bonchev–Trinajstić information content (AvgIpc) is 2.55. The highest BCUT2D eigenvalue weighted by Crippen LogP contribution is 2.28. The Balaban J connectivity index is 1.77. The van der Waals surface area contributed by atoms with Crippen LogP contribution in [-0.2, 0) is 11.2 Å². The van der Waals surface area contributed by atoms with Gasteiger partial charge in [0.2, 0.25) is 0 Å². The normalized spacial score (nSPS) is 12.2. The Kier molecular flexibility index (Phi) is 4.37. The highest BCUT2D eigenvalue weighted by molar-refractivity contribution is 8.00. The van der Waals surface area contributed by atoms with Crippen LogP contribution in [0.5, 0.6) is 0 Å². The number of hydrogen-bond donors (Lipinski definition) is 0. The third-order valence-corrected chi connectivity index (χ3v) is 4.55. The van der Waals surface area contributed by atoms with Crippen molar-refractivity contribution in [2.45, 2.75) is 16.6 Å². The lowest BCUT2D eigenvalue weighted by atomic mass is 10.1. The van der Waals surface area contributed by atoms with E-state index in [-0.39, 0.29) is 5.25 Å². The maximum atomic E-state index is 11.4. The van der Waals surface area contributed by atoms with Crippen molar-refractivity contribution in [1.29, 1.82) is 0 Å². The Morgan fingerprint density at radius 1 is 0.857 bits per heavy atom. The molecule has 3 aromatic rings. The summed E-state index contributed by atoms with van der Waals surface area (Å²) in [6.45, 7) is 0. The molecule has 1 nitrogen and oxygen atoms in total. The molecule has 0 aliphatic rings. The van der Waals surface area contributed by atoms with E-state index < -0.39 is 0 Å². The number of hydrogen-bond acceptors (Lipinski definition) is 2. The Morgan fingerprint density at radius 2 is 1.57 bits per heavy atom. The summed E-state index contributed by atoms with van der Waals surface area (Å²) in [5, 5.41) is 2.40. The summed E-state index contributed by atoms with van der Waals surface area (Å²) < 4.78 is 0. The topological polar surface area (TPSA) is 17.1 Å². The molecule has 2 heteroatoms. The van der Waals surface area contributed by atoms with Crippen LogP contribution in [0.2, 0.25) is 0 Å². The molecule has 0 bridgehead atoms. The first-order valence-corrected chi connectivity index (χ1v) is 7.88. The molecule has 0 aromatic heterocycles. The van der Waals surface area contributed by atoms with Gasteiger partial charge in [0.25, 0.3) is 0 Å². The standard InChI is InChI=1S/C19H16OS/c20-14-19(12-15-6-2-1-3-7-15)21-18-11-10-16-8-4-5-9-17(16)13-18/h1-11,13-14,19H,12H2. The van der Waals surface area contributed by atoms with Gasteiger partial charge in [-0.2, -0.15) is 0 Å². The number of benzene rings is 3. The van der Waals surface area contributed by atoms with E-state index in [0.29, 0.717) is 0 Å². The second-order valence-corrected chi connectivity index (χ2v) is 6.30. The molecular weight excluding hydrogens is 276 g/mol. The number of rotatable bonds is 5. The zero-order valence-electron chi connectivity index (χ0n) is 11.6. The van der Waals surface area contributed by atoms with Crippen LogP contribution in [0, 0.1) is 0 Å². The van der Waals surface area contributed by atoms with Crippen molar-refractivity contribution in [2.24, 2.45) is 0 Å². The first-order valence-electron chi connectivity index (χ1n) is 7.00. The lowest BCUT2D eigenvalue weighted by Crippen LogP contribution is -2.08. The van der Waals surface area contributed by atoms with Crippen molar-refractivity contribution in [3.05, 3.63) is 78.4 Å². The van der Waals surface area contributed by atoms with Crippen LogP contribution in [0.15, 0.2) is 77.7 Å². The summed E-state index contributed by atoms with van der Waals surface area (Å²) in [6, 6.07) is 24.8. The molecule has 0 heterocycles. The molecule has 0 aliphatic carbocycles. The maximum absolute atomic E-state index is 11.4. The van der Waals surface area contributed by atoms with E-state index in [4.69, 9.17) is 0 Å². The predicted octanol–water partition coefficient (Wildman–Crippen LogP) is 4.74. The van der Waals surface area contributed by atoms with E-state index in [1.54, 1.807) is 11.8 Å². The van der Waals surface area contributed by atoms with Gasteiger partial charge >= 0.3 is 0 Å². The van der Waals surface area contributed by atoms with Gasteiger partial charge in [-0.05, 0) is 34.9 Å². The largest absolute Gasteiger partial charge is 0.302 e. The summed E-state index contributed by atoms with van der Waals surface area (Å²) in [7, 11) is 0. The van der Waals surface area contributed by atoms with Crippen LogP contribution in [-0.4, -0.2) is 11.5 Å². The third-order valence-electron chi connectivity index (χ3n) is 3.44. The number of carbonyl (C=O) groups excluding carboxylic acids is 1. The minimum Gasteiger partial charge on any atom is -0.302 e. The molecule has 0 spiro atoms. The molecule has 104 valence electrons. The fourth-order valence-corrected chi connectivity index (χ4v) is 3.40. The van der Waals surface area contributed by atoms with Crippen LogP contribution < -0.4 is 0 Å². The molecule has 0 aliphatic heterocycles. The molecule has 3 rings (SSSR count). The number of thioether (sulfide) groups is 1. The molecule has 1 atom stereocenters. The monoisotopic (exact) mass is 292 g/mol. The third kappa shape index (κ3) is 3.53. The molecule has 0 N–H and O–H groups in total. The minimum atomic E-state index is -0.0476. The fraction of sp³-hybridized carbons (Fsp3) is 0.105. The van der Waals surface area contributed by atoms with Gasteiger partial charge in [0.1, 0.15) is 6.29 Å². The number of fused-ring (bicyclic) bond motifs is 1. The highest BCUT2D eigenvalue weighted by atomic mass is 32.2. The van der Waals surface area contributed by atoms with Crippen LogP contribution in [0.25, 0.3) is 10.8 Å². The van der Waals surface area contributed by atoms with Crippen LogP contribution in [0.1, 0.15) is 5.56 Å². The van der Waals surface area contributed by atoms with E-state index >= 15 is 0 Å². The highest BCUT2D eigenvalue weighted by Gasteiger charge is 2.10. The van der Waals surface area contributed by atoms with E-state index in [2.05, 4.69) is 42.5 Å². The van der Waals surface area contributed by atoms with E-state index in [1.165, 1.54) is 16.3 Å². The second-order valence-electron chi connectivity index (χ2n) is 4.99.